The molecule has 0 aliphatic heterocycles. The summed E-state index contributed by atoms with van der Waals surface area (Å²) in [6.45, 7) is 4.59. The second kappa shape index (κ2) is 13.9. The molecule has 0 bridgehead atoms. The van der Waals surface area contributed by atoms with Crippen molar-refractivity contribution in [2.75, 3.05) is 20.3 Å². The smallest absolute Gasteiger partial charge is 0.307 e. The van der Waals surface area contributed by atoms with Crippen LogP contribution in [-0.2, 0) is 30.3 Å². The molecule has 1 amide bonds. The summed E-state index contributed by atoms with van der Waals surface area (Å²) in [5, 5.41) is 2.85. The van der Waals surface area contributed by atoms with Crippen LogP contribution in [-0.4, -0.2) is 44.2 Å². The third-order valence-corrected chi connectivity index (χ3v) is 5.10. The molecule has 2 aromatic rings. The Kier molecular flexibility index (Phi) is 10.9. The maximum absolute atomic E-state index is 12.2. The monoisotopic (exact) mass is 455 g/mol. The molecule has 0 radical (unpaired) electrons. The van der Waals surface area contributed by atoms with E-state index in [4.69, 9.17) is 9.47 Å². The van der Waals surface area contributed by atoms with Crippen molar-refractivity contribution >= 4 is 17.8 Å². The molecule has 0 aliphatic rings. The van der Waals surface area contributed by atoms with Crippen molar-refractivity contribution in [1.29, 1.82) is 0 Å². The van der Waals surface area contributed by atoms with Crippen molar-refractivity contribution in [2.24, 2.45) is 0 Å². The van der Waals surface area contributed by atoms with Gasteiger partial charge in [-0.25, -0.2) is 0 Å². The molecule has 1 atom stereocenters. The molecule has 0 aliphatic carbocycles. The highest BCUT2D eigenvalue weighted by Crippen LogP contribution is 2.30. The number of carbonyl (C=O) groups is 3. The molecule has 7 heteroatoms. The van der Waals surface area contributed by atoms with Crippen LogP contribution in [0.5, 0.6) is 5.75 Å². The number of hydrogen-bond acceptors (Lipinski definition) is 6. The lowest BCUT2D eigenvalue weighted by atomic mass is 9.99. The van der Waals surface area contributed by atoms with E-state index in [-0.39, 0.29) is 43.8 Å². The Balaban J connectivity index is 2.01. The molecule has 0 aromatic heterocycles. The topological polar surface area (TPSA) is 90.9 Å². The lowest BCUT2D eigenvalue weighted by Gasteiger charge is -2.18. The molecule has 0 heterocycles. The van der Waals surface area contributed by atoms with E-state index in [0.717, 1.165) is 22.4 Å². The maximum Gasteiger partial charge on any atom is 0.307 e. The molecular weight excluding hydrogens is 422 g/mol. The number of benzene rings is 2. The first kappa shape index (κ1) is 25.9. The van der Waals surface area contributed by atoms with E-state index in [1.807, 2.05) is 55.5 Å². The van der Waals surface area contributed by atoms with Crippen LogP contribution in [0.2, 0.25) is 0 Å². The van der Waals surface area contributed by atoms with E-state index in [2.05, 4.69) is 10.1 Å². The minimum absolute atomic E-state index is 0.000852. The number of ether oxygens (including phenoxy) is 3. The zero-order valence-corrected chi connectivity index (χ0v) is 19.6. The van der Waals surface area contributed by atoms with Crippen molar-refractivity contribution < 1.29 is 28.6 Å². The first-order valence-electron chi connectivity index (χ1n) is 11.3. The van der Waals surface area contributed by atoms with E-state index < -0.39 is 5.97 Å². The Morgan fingerprint density at radius 3 is 2.30 bits per heavy atom. The van der Waals surface area contributed by atoms with E-state index in [9.17, 15) is 14.4 Å². The fraction of sp³-hybridized carbons (Fsp3) is 0.423. The first-order chi connectivity index (χ1) is 16.0. The molecule has 0 fully saturated rings. The van der Waals surface area contributed by atoms with Crippen molar-refractivity contribution in [3.63, 3.8) is 0 Å². The van der Waals surface area contributed by atoms with Crippen LogP contribution in [0.4, 0.5) is 0 Å². The van der Waals surface area contributed by atoms with Crippen LogP contribution in [0.3, 0.4) is 0 Å². The fourth-order valence-corrected chi connectivity index (χ4v) is 3.44. The largest absolute Gasteiger partial charge is 0.493 e. The van der Waals surface area contributed by atoms with Crippen LogP contribution in [0.1, 0.15) is 45.1 Å². The highest BCUT2D eigenvalue weighted by Gasteiger charge is 2.18. The molecule has 178 valence electrons. The standard InChI is InChI=1S/C26H33NO6/c1-4-32-23-9-7-6-8-22(23)20-13-10-19(11-14-20)12-15-21(18-26(30)33-5-2)27-24(28)16-17-25(29)31-3/h6-11,13-14,21H,4-5,12,15-18H2,1-3H3,(H,27,28)/t21-/m1/s1. The number of nitrogens with one attached hydrogen (secondary N) is 1. The lowest BCUT2D eigenvalue weighted by molar-refractivity contribution is -0.144. The third-order valence-electron chi connectivity index (χ3n) is 5.10. The molecule has 1 N–H and O–H groups in total. The van der Waals surface area contributed by atoms with Crippen LogP contribution in [0, 0.1) is 0 Å². The van der Waals surface area contributed by atoms with Gasteiger partial charge in [-0.05, 0) is 43.9 Å². The normalized spacial score (nSPS) is 11.4. The van der Waals surface area contributed by atoms with Gasteiger partial charge in [-0.1, -0.05) is 42.5 Å². The second-order valence-electron chi connectivity index (χ2n) is 7.51. The van der Waals surface area contributed by atoms with Gasteiger partial charge in [0.25, 0.3) is 0 Å². The van der Waals surface area contributed by atoms with E-state index in [1.54, 1.807) is 6.92 Å². The summed E-state index contributed by atoms with van der Waals surface area (Å²) in [6, 6.07) is 15.7. The average molecular weight is 456 g/mol. The van der Waals surface area contributed by atoms with Crippen LogP contribution >= 0.6 is 0 Å². The van der Waals surface area contributed by atoms with Gasteiger partial charge in [-0.2, -0.15) is 0 Å². The van der Waals surface area contributed by atoms with Crippen LogP contribution in [0.25, 0.3) is 11.1 Å². The third kappa shape index (κ3) is 8.96. The summed E-state index contributed by atoms with van der Waals surface area (Å²) < 4.78 is 15.3. The molecule has 0 spiro atoms. The second-order valence-corrected chi connectivity index (χ2v) is 7.51. The van der Waals surface area contributed by atoms with Gasteiger partial charge in [0, 0.05) is 18.0 Å². The van der Waals surface area contributed by atoms with Gasteiger partial charge in [0.15, 0.2) is 0 Å². The van der Waals surface area contributed by atoms with E-state index >= 15 is 0 Å². The quantitative estimate of drug-likeness (QED) is 0.458. The highest BCUT2D eigenvalue weighted by atomic mass is 16.5. The number of esters is 2. The van der Waals surface area contributed by atoms with Gasteiger partial charge in [0.1, 0.15) is 5.75 Å². The number of amides is 1. The van der Waals surface area contributed by atoms with Crippen LogP contribution in [0.15, 0.2) is 48.5 Å². The summed E-state index contributed by atoms with van der Waals surface area (Å²) in [4.78, 5) is 35.5. The Hall–Kier alpha value is -3.35. The number of methoxy groups -OCH3 is 1. The maximum atomic E-state index is 12.2. The van der Waals surface area contributed by atoms with Crippen molar-refractivity contribution in [2.45, 2.75) is 52.0 Å². The first-order valence-corrected chi connectivity index (χ1v) is 11.3. The lowest BCUT2D eigenvalue weighted by Crippen LogP contribution is -2.37. The summed E-state index contributed by atoms with van der Waals surface area (Å²) >= 11 is 0. The Morgan fingerprint density at radius 2 is 1.64 bits per heavy atom. The summed E-state index contributed by atoms with van der Waals surface area (Å²) in [6.07, 6.45) is 1.34. The molecule has 33 heavy (non-hydrogen) atoms. The molecular formula is C26H33NO6. The molecule has 2 rings (SSSR count). The number of carbonyl (C=O) groups excluding carboxylic acids is 3. The van der Waals surface area contributed by atoms with Crippen molar-refractivity contribution in [3.05, 3.63) is 54.1 Å². The number of para-hydroxylation sites is 1. The number of hydrogen-bond donors (Lipinski definition) is 1. The SMILES string of the molecule is CCOC(=O)C[C@@H](CCc1ccc(-c2ccccc2OCC)cc1)NC(=O)CCC(=O)OC. The van der Waals surface area contributed by atoms with Gasteiger partial charge in [0.05, 0.1) is 33.2 Å². The minimum atomic E-state index is -0.446. The summed E-state index contributed by atoms with van der Waals surface area (Å²) in [5.74, 6) is -0.258. The Labute approximate surface area is 195 Å². The number of rotatable bonds is 13. The summed E-state index contributed by atoms with van der Waals surface area (Å²) in [7, 11) is 1.28. The predicted octanol–water partition coefficient (Wildman–Crippen LogP) is 4.08. The summed E-state index contributed by atoms with van der Waals surface area (Å²) in [5.41, 5.74) is 3.18. The molecule has 2 aromatic carbocycles. The van der Waals surface area contributed by atoms with Gasteiger partial charge >= 0.3 is 11.9 Å². The zero-order valence-electron chi connectivity index (χ0n) is 19.6. The average Bonchev–Trinajstić information content (AvgIpc) is 2.82. The molecule has 7 nitrogen and oxygen atoms in total. The van der Waals surface area contributed by atoms with Crippen molar-refractivity contribution in [1.82, 2.24) is 5.32 Å². The van der Waals surface area contributed by atoms with E-state index in [1.165, 1.54) is 7.11 Å². The van der Waals surface area contributed by atoms with Crippen LogP contribution < -0.4 is 10.1 Å². The van der Waals surface area contributed by atoms with E-state index in [0.29, 0.717) is 19.4 Å². The molecule has 0 saturated heterocycles. The van der Waals surface area contributed by atoms with Crippen molar-refractivity contribution in [3.8, 4) is 16.9 Å². The minimum Gasteiger partial charge on any atom is -0.493 e. The zero-order chi connectivity index (χ0) is 24.1. The molecule has 0 unspecified atom stereocenters. The van der Waals surface area contributed by atoms with Gasteiger partial charge in [0.2, 0.25) is 5.91 Å². The Bertz CT molecular complexity index is 909. The highest BCUT2D eigenvalue weighted by molar-refractivity contribution is 5.82. The number of aryl methyl sites for hydroxylation is 1. The van der Waals surface area contributed by atoms with Gasteiger partial charge in [-0.15, -0.1) is 0 Å². The van der Waals surface area contributed by atoms with Gasteiger partial charge < -0.3 is 19.5 Å². The predicted molar refractivity (Wildman–Crippen MR) is 126 cm³/mol. The fourth-order valence-electron chi connectivity index (χ4n) is 3.44. The van der Waals surface area contributed by atoms with Gasteiger partial charge in [-0.3, -0.25) is 14.4 Å². The Morgan fingerprint density at radius 1 is 0.909 bits per heavy atom. The molecule has 0 saturated carbocycles.